The topological polar surface area (TPSA) is 401 Å². The van der Waals surface area contributed by atoms with Crippen molar-refractivity contribution in [1.29, 1.82) is 0 Å². The van der Waals surface area contributed by atoms with Crippen LogP contribution in [0.4, 0.5) is 0 Å². The van der Waals surface area contributed by atoms with Crippen LogP contribution in [0.25, 0.3) is 6.08 Å². The monoisotopic (exact) mass is 742 g/mol. The van der Waals surface area contributed by atoms with Crippen LogP contribution in [0.2, 0.25) is 0 Å². The molecule has 0 spiro atoms. The fraction of sp³-hybridized carbons (Fsp3) is 0.481. The molecule has 24 heteroatoms. The quantitative estimate of drug-likeness (QED) is 0.0335. The number of hydrogen-bond acceptors (Lipinski definition) is 24. The molecule has 6 unspecified atom stereocenters. The zero-order valence-corrected chi connectivity index (χ0v) is 25.8. The van der Waals surface area contributed by atoms with Crippen LogP contribution in [0, 0.1) is 0 Å². The largest absolute Gasteiger partial charge is 0.460 e. The van der Waals surface area contributed by atoms with Crippen LogP contribution >= 0.6 is 0 Å². The molecule has 1 aromatic rings. The number of carbonyl (C=O) groups is 6. The average molecular weight is 743 g/mol. The first-order valence-corrected chi connectivity index (χ1v) is 13.9. The molecular weight excluding hydrogens is 708 g/mol. The average Bonchev–Trinajstić information content (AvgIpc) is 3.13. The van der Waals surface area contributed by atoms with Gasteiger partial charge in [-0.3, -0.25) is 0 Å². The zero-order chi connectivity index (χ0) is 39.0. The number of hydrogen-bond donors (Lipinski definition) is 12. The number of rotatable bonds is 20. The number of aliphatic hydroxyl groups excluding tert-OH is 12. The Kier molecular flexibility index (Phi) is 18.7. The van der Waals surface area contributed by atoms with Gasteiger partial charge in [-0.15, -0.1) is 0 Å². The van der Waals surface area contributed by atoms with Gasteiger partial charge in [0.25, 0.3) is 0 Å². The Morgan fingerprint density at radius 3 is 1.00 bits per heavy atom. The summed E-state index contributed by atoms with van der Waals surface area (Å²) < 4.78 is 29.2. The summed E-state index contributed by atoms with van der Waals surface area (Å²) in [7, 11) is 0. The summed E-state index contributed by atoms with van der Waals surface area (Å²) in [4.78, 5) is 75.9. The van der Waals surface area contributed by atoms with E-state index in [4.69, 9.17) is 28.8 Å². The minimum absolute atomic E-state index is 0.350. The molecule has 51 heavy (non-hydrogen) atoms. The van der Waals surface area contributed by atoms with Gasteiger partial charge < -0.3 is 89.7 Å². The summed E-state index contributed by atoms with van der Waals surface area (Å²) in [5.41, 5.74) is -1.17. The van der Waals surface area contributed by atoms with E-state index in [1.54, 1.807) is 0 Å². The molecule has 12 N–H and O–H groups in total. The van der Waals surface area contributed by atoms with Gasteiger partial charge in [0.05, 0.1) is 45.2 Å². The van der Waals surface area contributed by atoms with Crippen molar-refractivity contribution in [1.82, 2.24) is 0 Å². The van der Waals surface area contributed by atoms with Gasteiger partial charge in [-0.2, -0.15) is 0 Å². The molecule has 0 radical (unpaired) electrons. The van der Waals surface area contributed by atoms with E-state index in [1.807, 2.05) is 0 Å². The van der Waals surface area contributed by atoms with Gasteiger partial charge in [0.15, 0.2) is 42.0 Å². The van der Waals surface area contributed by atoms with Gasteiger partial charge in [0, 0.05) is 6.08 Å². The van der Waals surface area contributed by atoms with E-state index >= 15 is 0 Å². The van der Waals surface area contributed by atoms with Crippen LogP contribution in [0.15, 0.2) is 6.08 Å². The normalized spacial score (nSPS) is 14.7. The summed E-state index contributed by atoms with van der Waals surface area (Å²) >= 11 is 0. The Hall–Kier alpha value is -4.70. The van der Waals surface area contributed by atoms with Crippen molar-refractivity contribution in [3.05, 3.63) is 11.6 Å². The molecule has 0 saturated carbocycles. The third-order valence-electron chi connectivity index (χ3n) is 5.57. The molecule has 0 saturated heterocycles. The molecule has 0 aliphatic heterocycles. The van der Waals surface area contributed by atoms with Gasteiger partial charge in [-0.1, -0.05) is 0 Å². The minimum atomic E-state index is -2.49. The Balaban J connectivity index is 4.59. The molecule has 0 aliphatic carbocycles. The first-order valence-electron chi connectivity index (χ1n) is 13.9. The fourth-order valence-electron chi connectivity index (χ4n) is 2.94. The first-order chi connectivity index (χ1) is 24.0. The van der Waals surface area contributed by atoms with Gasteiger partial charge in [-0.25, -0.2) is 28.8 Å². The van der Waals surface area contributed by atoms with Crippen molar-refractivity contribution >= 4 is 41.9 Å². The molecule has 0 aromatic heterocycles. The molecule has 0 fully saturated rings. The van der Waals surface area contributed by atoms with E-state index in [1.165, 1.54) is 0 Å². The molecule has 286 valence electrons. The summed E-state index contributed by atoms with van der Waals surface area (Å²) in [6.45, 7) is -8.62. The Morgan fingerprint density at radius 2 is 0.725 bits per heavy atom. The number of ether oxygens (including phenoxy) is 6. The SMILES string of the molecule is O=C(C=Cc1c(OC(=O)C(O)CO)c(OC(=O)C(O)CO)c(OC(=O)C(O)CO)c(OC(=O)C(O)CO)c1OC(=O)C(O)CO)OCC(O)CO. The van der Waals surface area contributed by atoms with Gasteiger partial charge in [0.2, 0.25) is 17.2 Å². The van der Waals surface area contributed by atoms with Crippen LogP contribution in [0.3, 0.4) is 0 Å². The molecule has 0 aliphatic rings. The number of esters is 6. The lowest BCUT2D eigenvalue weighted by Gasteiger charge is -2.24. The molecule has 24 nitrogen and oxygen atoms in total. The van der Waals surface area contributed by atoms with Gasteiger partial charge in [0.1, 0.15) is 12.7 Å². The third-order valence-corrected chi connectivity index (χ3v) is 5.57. The van der Waals surface area contributed by atoms with E-state index in [9.17, 15) is 84.9 Å². The van der Waals surface area contributed by atoms with Crippen LogP contribution in [0.5, 0.6) is 28.7 Å². The fourth-order valence-corrected chi connectivity index (χ4v) is 2.94. The van der Waals surface area contributed by atoms with Crippen molar-refractivity contribution in [3.63, 3.8) is 0 Å². The van der Waals surface area contributed by atoms with Crippen molar-refractivity contribution in [2.75, 3.05) is 46.2 Å². The van der Waals surface area contributed by atoms with Crippen LogP contribution in [-0.2, 0) is 33.5 Å². The smallest absolute Gasteiger partial charge is 0.343 e. The molecular formula is C27H34O24. The maximum atomic E-state index is 12.7. The van der Waals surface area contributed by atoms with Crippen LogP contribution < -0.4 is 23.7 Å². The molecule has 0 bridgehead atoms. The van der Waals surface area contributed by atoms with E-state index < -0.39 is 153 Å². The Bertz CT molecular complexity index is 1350. The second-order valence-electron chi connectivity index (χ2n) is 9.46. The van der Waals surface area contributed by atoms with E-state index in [0.717, 1.165) is 0 Å². The third kappa shape index (κ3) is 12.8. The molecule has 1 aromatic carbocycles. The lowest BCUT2D eigenvalue weighted by atomic mass is 10.1. The van der Waals surface area contributed by atoms with E-state index in [0.29, 0.717) is 12.2 Å². The van der Waals surface area contributed by atoms with Crippen molar-refractivity contribution in [2.45, 2.75) is 36.6 Å². The minimum Gasteiger partial charge on any atom is -0.460 e. The second kappa shape index (κ2) is 21.5. The molecule has 6 atom stereocenters. The lowest BCUT2D eigenvalue weighted by molar-refractivity contribution is -0.151. The van der Waals surface area contributed by atoms with Crippen molar-refractivity contribution in [3.8, 4) is 28.7 Å². The van der Waals surface area contributed by atoms with Gasteiger partial charge >= 0.3 is 35.8 Å². The number of aliphatic hydroxyl groups is 12. The van der Waals surface area contributed by atoms with Crippen LogP contribution in [0.1, 0.15) is 5.56 Å². The molecule has 1 rings (SSSR count). The molecule has 0 heterocycles. The number of carbonyl (C=O) groups excluding carboxylic acids is 6. The first kappa shape index (κ1) is 44.3. The summed E-state index contributed by atoms with van der Waals surface area (Å²) in [6.07, 6.45) is -13.2. The highest BCUT2D eigenvalue weighted by Gasteiger charge is 2.39. The Morgan fingerprint density at radius 1 is 0.451 bits per heavy atom. The highest BCUT2D eigenvalue weighted by atomic mass is 16.6. The lowest BCUT2D eigenvalue weighted by Crippen LogP contribution is -2.34. The summed E-state index contributed by atoms with van der Waals surface area (Å²) in [5, 5.41) is 114. The van der Waals surface area contributed by atoms with E-state index in [2.05, 4.69) is 4.74 Å². The van der Waals surface area contributed by atoms with Crippen LogP contribution in [-0.4, -0.2) is 180 Å². The Labute approximate surface area is 284 Å². The number of benzene rings is 1. The highest BCUT2D eigenvalue weighted by molar-refractivity contribution is 5.95. The summed E-state index contributed by atoms with van der Waals surface area (Å²) in [6, 6.07) is 0. The molecule has 0 amide bonds. The zero-order valence-electron chi connectivity index (χ0n) is 25.8. The predicted octanol–water partition coefficient (Wildman–Crippen LogP) is -8.11. The maximum absolute atomic E-state index is 12.7. The predicted molar refractivity (Wildman–Crippen MR) is 153 cm³/mol. The summed E-state index contributed by atoms with van der Waals surface area (Å²) in [5.74, 6) is -18.6. The van der Waals surface area contributed by atoms with Crippen molar-refractivity contribution < 1.29 is 118 Å². The highest BCUT2D eigenvalue weighted by Crippen LogP contribution is 2.55. The van der Waals surface area contributed by atoms with Gasteiger partial charge in [-0.05, 0) is 6.08 Å². The maximum Gasteiger partial charge on any atom is 0.343 e. The van der Waals surface area contributed by atoms with E-state index in [-0.39, 0.29) is 0 Å². The second-order valence-corrected chi connectivity index (χ2v) is 9.46. The van der Waals surface area contributed by atoms with Crippen molar-refractivity contribution in [2.24, 2.45) is 0 Å². The standard InChI is InChI=1S/C27H34O24/c28-3-10(34)9-46-17(40)2-1-11-18(47-23(41)12(35)4-29)20(49-25(43)14(37)6-31)22(51-27(45)16(39)8-33)21(50-26(44)15(38)7-32)19(11)48-24(42)13(36)5-30/h1-2,10,12-16,28-39H,3-9H2.